The molecule has 7 aromatic heterocycles. The molecule has 0 unspecified atom stereocenters. The van der Waals surface area contributed by atoms with Crippen LogP contribution in [0, 0.1) is 0 Å². The van der Waals surface area contributed by atoms with Crippen molar-refractivity contribution in [1.29, 1.82) is 0 Å². The molecule has 372 valence electrons. The maximum atomic E-state index is 6.34. The van der Waals surface area contributed by atoms with Crippen LogP contribution in [0.15, 0.2) is 239 Å². The van der Waals surface area contributed by atoms with Gasteiger partial charge in [0.2, 0.25) is 11.2 Å². The van der Waals surface area contributed by atoms with E-state index in [2.05, 4.69) is 154 Å². The summed E-state index contributed by atoms with van der Waals surface area (Å²) >= 11 is 9.80. The van der Waals surface area contributed by atoms with Gasteiger partial charge in [-0.2, -0.15) is 0 Å². The van der Waals surface area contributed by atoms with Gasteiger partial charge in [0, 0.05) is 73.0 Å². The fourth-order valence-corrected chi connectivity index (χ4v) is 14.0. The molecular weight excluding hydrogens is 1030 g/mol. The predicted molar refractivity (Wildman–Crippen MR) is 329 cm³/mol. The van der Waals surface area contributed by atoms with E-state index in [-0.39, 0.29) is 5.28 Å². The van der Waals surface area contributed by atoms with Crippen molar-refractivity contribution in [2.45, 2.75) is 6.42 Å². The van der Waals surface area contributed by atoms with Crippen molar-refractivity contribution in [3.05, 3.63) is 247 Å². The smallest absolute Gasteiger partial charge is 0.236 e. The average molecular weight is 1070 g/mol. The molecule has 0 saturated carbocycles. The maximum Gasteiger partial charge on any atom is 0.236 e. The number of para-hydroxylation sites is 3. The van der Waals surface area contributed by atoms with E-state index in [0.717, 1.165) is 72.9 Å². The third-order valence-electron chi connectivity index (χ3n) is 15.2. The van der Waals surface area contributed by atoms with Crippen LogP contribution < -0.4 is 0 Å². The third-order valence-corrected chi connectivity index (χ3v) is 17.6. The first-order valence-electron chi connectivity index (χ1n) is 26.1. The van der Waals surface area contributed by atoms with Crippen molar-refractivity contribution < 1.29 is 8.83 Å². The molecule has 0 saturated heterocycles. The SMILES string of the molecule is Clc1nc(-c2ccccc2)c2oc3ccccc3c2n1.c1ccc(-c2nc(-n3c4ccccc4c4cc5c(cc43)sc3ccccc35)nc3c2oc2ccccc23)cc1.c1ccc2c(c1)Cc1cc3sc4ccccc4c3cc1-2. The van der Waals surface area contributed by atoms with Crippen LogP contribution in [-0.4, -0.2) is 24.5 Å². The number of hydrogen-bond acceptors (Lipinski definition) is 8. The van der Waals surface area contributed by atoms with Crippen molar-refractivity contribution in [3.8, 4) is 39.6 Å². The van der Waals surface area contributed by atoms with Crippen molar-refractivity contribution in [2.75, 3.05) is 0 Å². The van der Waals surface area contributed by atoms with Crippen molar-refractivity contribution in [3.63, 3.8) is 0 Å². The third kappa shape index (κ3) is 7.53. The summed E-state index contributed by atoms with van der Waals surface area (Å²) in [6, 6.07) is 80.0. The molecule has 0 spiro atoms. The highest BCUT2D eigenvalue weighted by molar-refractivity contribution is 7.26. The Hall–Kier alpha value is -9.51. The minimum Gasteiger partial charge on any atom is -0.452 e. The number of nitrogens with zero attached hydrogens (tertiary/aromatic N) is 5. The van der Waals surface area contributed by atoms with Crippen LogP contribution in [-0.2, 0) is 6.42 Å². The van der Waals surface area contributed by atoms with Gasteiger partial charge in [-0.05, 0) is 107 Å². The minimum atomic E-state index is 0.225. The standard InChI is InChI=1S/C34H19N3OS.C19H12S.C16H9ClN2O/c1-2-10-20(11-3-1)31-33-32(23-14-5-8-16-28(23)38-33)36-34(35-31)37-26-15-7-4-12-21(26)24-18-25-22-13-6-9-17-29(22)39-30(25)19-27(24)37;1-2-6-14-12(5-1)9-13-10-19-17(11-16(13)14)15-7-3-4-8-18(15)20-19;17-16-18-13(10-6-2-1-3-7-10)15-14(19-16)11-8-4-5-9-12(11)20-15/h1-19H;1-8,10-11H,9H2;1-9H. The monoisotopic (exact) mass is 1070 g/mol. The molecule has 0 bridgehead atoms. The summed E-state index contributed by atoms with van der Waals surface area (Å²) in [5, 5.41) is 9.92. The summed E-state index contributed by atoms with van der Waals surface area (Å²) in [5.74, 6) is 0.638. The summed E-state index contributed by atoms with van der Waals surface area (Å²) in [7, 11) is 0. The van der Waals surface area contributed by atoms with Gasteiger partial charge in [-0.25, -0.2) is 19.9 Å². The molecule has 0 fully saturated rings. The molecule has 7 nitrogen and oxygen atoms in total. The zero-order chi connectivity index (χ0) is 52.1. The molecule has 79 heavy (non-hydrogen) atoms. The van der Waals surface area contributed by atoms with Gasteiger partial charge in [-0.15, -0.1) is 22.7 Å². The Morgan fingerprint density at radius 1 is 0.367 bits per heavy atom. The van der Waals surface area contributed by atoms with Crippen LogP contribution >= 0.6 is 34.3 Å². The molecule has 17 aromatic rings. The Morgan fingerprint density at radius 2 is 0.886 bits per heavy atom. The molecule has 0 amide bonds. The van der Waals surface area contributed by atoms with Crippen LogP contribution in [0.1, 0.15) is 11.1 Å². The molecule has 0 atom stereocenters. The number of aromatic nitrogens is 5. The van der Waals surface area contributed by atoms with Crippen molar-refractivity contribution >= 4 is 141 Å². The Morgan fingerprint density at radius 3 is 1.56 bits per heavy atom. The van der Waals surface area contributed by atoms with Gasteiger partial charge in [0.05, 0.1) is 11.0 Å². The second kappa shape index (κ2) is 18.3. The number of hydrogen-bond donors (Lipinski definition) is 0. The van der Waals surface area contributed by atoms with Crippen LogP contribution in [0.3, 0.4) is 0 Å². The van der Waals surface area contributed by atoms with Gasteiger partial charge in [0.15, 0.2) is 11.2 Å². The molecule has 18 rings (SSSR count). The number of benzene rings is 10. The molecule has 1 aliphatic carbocycles. The van der Waals surface area contributed by atoms with E-state index >= 15 is 0 Å². The van der Waals surface area contributed by atoms with E-state index in [4.69, 9.17) is 30.4 Å². The molecule has 0 aliphatic heterocycles. The Balaban J connectivity index is 0.000000109. The van der Waals surface area contributed by atoms with Crippen molar-refractivity contribution in [2.24, 2.45) is 0 Å². The van der Waals surface area contributed by atoms with E-state index in [1.165, 1.54) is 73.4 Å². The summed E-state index contributed by atoms with van der Waals surface area (Å²) in [5.41, 5.74) is 16.0. The molecule has 0 radical (unpaired) electrons. The summed E-state index contributed by atoms with van der Waals surface area (Å²) in [6.45, 7) is 0. The first kappa shape index (κ1) is 45.7. The first-order chi connectivity index (χ1) is 39.1. The summed E-state index contributed by atoms with van der Waals surface area (Å²) < 4.78 is 19.8. The quantitative estimate of drug-likeness (QED) is 0.164. The molecule has 10 aromatic carbocycles. The van der Waals surface area contributed by atoms with Crippen LogP contribution in [0.2, 0.25) is 5.28 Å². The zero-order valence-electron chi connectivity index (χ0n) is 41.9. The average Bonchev–Trinajstić information content (AvgIpc) is 4.39. The van der Waals surface area contributed by atoms with Gasteiger partial charge >= 0.3 is 0 Å². The number of rotatable bonds is 3. The fourth-order valence-electron chi connectivity index (χ4n) is 11.6. The summed E-state index contributed by atoms with van der Waals surface area (Å²) in [6.07, 6.45) is 1.08. The molecule has 7 heterocycles. The minimum absolute atomic E-state index is 0.225. The maximum absolute atomic E-state index is 6.34. The lowest BCUT2D eigenvalue weighted by atomic mass is 10.0. The van der Waals surface area contributed by atoms with E-state index in [9.17, 15) is 0 Å². The number of thiophene rings is 2. The molecule has 10 heteroatoms. The van der Waals surface area contributed by atoms with Gasteiger partial charge < -0.3 is 8.83 Å². The van der Waals surface area contributed by atoms with Crippen LogP contribution in [0.5, 0.6) is 0 Å². The Labute approximate surface area is 463 Å². The fraction of sp³-hybridized carbons (Fsp3) is 0.0145. The summed E-state index contributed by atoms with van der Waals surface area (Å²) in [4.78, 5) is 19.0. The van der Waals surface area contributed by atoms with Gasteiger partial charge in [-0.1, -0.05) is 164 Å². The lowest BCUT2D eigenvalue weighted by molar-refractivity contribution is 0.666. The van der Waals surface area contributed by atoms with E-state index in [1.54, 1.807) is 0 Å². The highest BCUT2D eigenvalue weighted by Gasteiger charge is 2.23. The van der Waals surface area contributed by atoms with Gasteiger partial charge in [0.1, 0.15) is 33.6 Å². The molecule has 1 aliphatic rings. The zero-order valence-corrected chi connectivity index (χ0v) is 44.3. The first-order valence-corrected chi connectivity index (χ1v) is 28.1. The topological polar surface area (TPSA) is 82.8 Å². The Kier molecular flexibility index (Phi) is 10.6. The number of furan rings is 2. The normalized spacial score (nSPS) is 12.1. The number of fused-ring (bicyclic) bond motifs is 18. The lowest BCUT2D eigenvalue weighted by Crippen LogP contribution is -2.02. The molecular formula is C69H40ClN5O2S2. The highest BCUT2D eigenvalue weighted by atomic mass is 35.5. The second-order valence-corrected chi connectivity index (χ2v) is 22.3. The molecule has 0 N–H and O–H groups in total. The lowest BCUT2D eigenvalue weighted by Gasteiger charge is -2.09. The van der Waals surface area contributed by atoms with E-state index in [0.29, 0.717) is 17.1 Å². The van der Waals surface area contributed by atoms with Gasteiger partial charge in [0.25, 0.3) is 0 Å². The van der Waals surface area contributed by atoms with Gasteiger partial charge in [-0.3, -0.25) is 4.57 Å². The van der Waals surface area contributed by atoms with Crippen LogP contribution in [0.4, 0.5) is 0 Å². The largest absolute Gasteiger partial charge is 0.452 e. The predicted octanol–water partition coefficient (Wildman–Crippen LogP) is 19.8. The highest BCUT2D eigenvalue weighted by Crippen LogP contribution is 2.45. The van der Waals surface area contributed by atoms with Crippen molar-refractivity contribution in [1.82, 2.24) is 24.5 Å². The van der Waals surface area contributed by atoms with Crippen LogP contribution in [0.25, 0.3) is 146 Å². The number of halogens is 1. The van der Waals surface area contributed by atoms with E-state index in [1.807, 2.05) is 114 Å². The van der Waals surface area contributed by atoms with E-state index < -0.39 is 0 Å². The Bertz CT molecular complexity index is 5270. The second-order valence-electron chi connectivity index (χ2n) is 19.8.